The van der Waals surface area contributed by atoms with Crippen LogP contribution in [0.4, 0.5) is 5.69 Å². The van der Waals surface area contributed by atoms with E-state index in [4.69, 9.17) is 0 Å². The molecule has 1 aliphatic heterocycles. The second-order valence-corrected chi connectivity index (χ2v) is 6.46. The molecule has 1 aliphatic rings. The van der Waals surface area contributed by atoms with Gasteiger partial charge in [0.05, 0.1) is 0 Å². The largest absolute Gasteiger partial charge is 0.374 e. The predicted octanol–water partition coefficient (Wildman–Crippen LogP) is 4.34. The standard InChI is InChI=1S/C19H18BrNO2/c1-2-3-10-14(13-8-5-4-6-9-13)19(23)17-15(20)11-7-12-16(17)21-18(19)22/h3-12,14,23H,2H2,1H3,(H,21,22)/b10-3+/t14-,19+/m0/s1. The summed E-state index contributed by atoms with van der Waals surface area (Å²) >= 11 is 3.48. The SMILES string of the molecule is CC/C=C/[C@@H](c1ccccc1)[C@]1(O)C(=O)Nc2cccc(Br)c21. The number of amides is 1. The minimum atomic E-state index is -1.64. The van der Waals surface area contributed by atoms with Crippen molar-refractivity contribution in [2.75, 3.05) is 5.32 Å². The lowest BCUT2D eigenvalue weighted by molar-refractivity contribution is -0.135. The highest BCUT2D eigenvalue weighted by Gasteiger charge is 2.51. The van der Waals surface area contributed by atoms with E-state index in [0.29, 0.717) is 11.3 Å². The first kappa shape index (κ1) is 16.0. The Kier molecular flexibility index (Phi) is 4.37. The van der Waals surface area contributed by atoms with Crippen molar-refractivity contribution in [2.24, 2.45) is 0 Å². The van der Waals surface area contributed by atoms with Crippen molar-refractivity contribution >= 4 is 27.5 Å². The van der Waals surface area contributed by atoms with Gasteiger partial charge in [-0.15, -0.1) is 0 Å². The summed E-state index contributed by atoms with van der Waals surface area (Å²) in [6.45, 7) is 2.03. The van der Waals surface area contributed by atoms with E-state index >= 15 is 0 Å². The fraction of sp³-hybridized carbons (Fsp3) is 0.211. The zero-order valence-corrected chi connectivity index (χ0v) is 14.4. The summed E-state index contributed by atoms with van der Waals surface area (Å²) < 4.78 is 0.724. The van der Waals surface area contributed by atoms with Crippen LogP contribution in [0.2, 0.25) is 0 Å². The van der Waals surface area contributed by atoms with Crippen molar-refractivity contribution in [1.82, 2.24) is 0 Å². The molecule has 2 aromatic carbocycles. The molecule has 2 atom stereocenters. The highest BCUT2D eigenvalue weighted by Crippen LogP contribution is 2.48. The molecule has 23 heavy (non-hydrogen) atoms. The van der Waals surface area contributed by atoms with Gasteiger partial charge in [0.1, 0.15) is 0 Å². The number of nitrogens with one attached hydrogen (secondary N) is 1. The Morgan fingerprint density at radius 1 is 1.22 bits per heavy atom. The minimum Gasteiger partial charge on any atom is -0.374 e. The van der Waals surface area contributed by atoms with E-state index in [9.17, 15) is 9.90 Å². The number of carbonyl (C=O) groups excluding carboxylic acids is 1. The van der Waals surface area contributed by atoms with Crippen LogP contribution in [0.25, 0.3) is 0 Å². The van der Waals surface area contributed by atoms with E-state index < -0.39 is 17.4 Å². The molecule has 1 amide bonds. The highest BCUT2D eigenvalue weighted by atomic mass is 79.9. The third kappa shape index (κ3) is 2.62. The summed E-state index contributed by atoms with van der Waals surface area (Å²) in [5, 5.41) is 14.2. The molecular weight excluding hydrogens is 354 g/mol. The molecular formula is C19H18BrNO2. The third-order valence-electron chi connectivity index (χ3n) is 4.16. The smallest absolute Gasteiger partial charge is 0.262 e. The van der Waals surface area contributed by atoms with Crippen molar-refractivity contribution in [1.29, 1.82) is 0 Å². The van der Waals surface area contributed by atoms with E-state index in [-0.39, 0.29) is 0 Å². The third-order valence-corrected chi connectivity index (χ3v) is 4.82. The Labute approximate surface area is 144 Å². The van der Waals surface area contributed by atoms with E-state index in [0.717, 1.165) is 16.5 Å². The number of carbonyl (C=O) groups is 1. The van der Waals surface area contributed by atoms with Crippen molar-refractivity contribution in [3.8, 4) is 0 Å². The van der Waals surface area contributed by atoms with Crippen LogP contribution >= 0.6 is 15.9 Å². The summed E-state index contributed by atoms with van der Waals surface area (Å²) in [6.07, 6.45) is 4.74. The van der Waals surface area contributed by atoms with Crippen LogP contribution in [0.15, 0.2) is 65.2 Å². The second kappa shape index (κ2) is 6.30. The summed E-state index contributed by atoms with van der Waals surface area (Å²) in [5.41, 5.74) is 0.512. The number of fused-ring (bicyclic) bond motifs is 1. The van der Waals surface area contributed by atoms with Crippen LogP contribution in [0.1, 0.15) is 30.4 Å². The van der Waals surface area contributed by atoms with Gasteiger partial charge in [0.25, 0.3) is 5.91 Å². The lowest BCUT2D eigenvalue weighted by Gasteiger charge is -2.30. The number of rotatable bonds is 4. The second-order valence-electron chi connectivity index (χ2n) is 5.61. The van der Waals surface area contributed by atoms with E-state index in [2.05, 4.69) is 21.2 Å². The minimum absolute atomic E-state index is 0.394. The van der Waals surface area contributed by atoms with Crippen LogP contribution in [0.5, 0.6) is 0 Å². The molecule has 4 heteroatoms. The van der Waals surface area contributed by atoms with Gasteiger partial charge in [-0.2, -0.15) is 0 Å². The molecule has 0 fully saturated rings. The van der Waals surface area contributed by atoms with Crippen LogP contribution in [-0.2, 0) is 10.4 Å². The maximum Gasteiger partial charge on any atom is 0.262 e. The first-order valence-corrected chi connectivity index (χ1v) is 8.42. The van der Waals surface area contributed by atoms with Gasteiger partial charge in [0.15, 0.2) is 5.60 Å². The van der Waals surface area contributed by atoms with Crippen LogP contribution in [-0.4, -0.2) is 11.0 Å². The van der Waals surface area contributed by atoms with Crippen molar-refractivity contribution in [3.05, 3.63) is 76.3 Å². The summed E-state index contributed by atoms with van der Waals surface area (Å²) in [6, 6.07) is 15.1. The van der Waals surface area contributed by atoms with Gasteiger partial charge in [0, 0.05) is 21.6 Å². The average molecular weight is 372 g/mol. The van der Waals surface area contributed by atoms with Crippen LogP contribution in [0, 0.1) is 0 Å². The van der Waals surface area contributed by atoms with Gasteiger partial charge in [0.2, 0.25) is 0 Å². The molecule has 3 rings (SSSR count). The Hall–Kier alpha value is -1.91. The van der Waals surface area contributed by atoms with E-state index in [1.54, 1.807) is 0 Å². The zero-order chi connectivity index (χ0) is 16.4. The van der Waals surface area contributed by atoms with Gasteiger partial charge in [-0.05, 0) is 24.1 Å². The van der Waals surface area contributed by atoms with Crippen LogP contribution in [0.3, 0.4) is 0 Å². The summed E-state index contributed by atoms with van der Waals surface area (Å²) in [4.78, 5) is 12.7. The number of aliphatic hydroxyl groups is 1. The van der Waals surface area contributed by atoms with Gasteiger partial charge < -0.3 is 10.4 Å². The molecule has 0 spiro atoms. The lowest BCUT2D eigenvalue weighted by Crippen LogP contribution is -2.40. The highest BCUT2D eigenvalue weighted by molar-refractivity contribution is 9.10. The van der Waals surface area contributed by atoms with E-state index in [1.165, 1.54) is 0 Å². The molecule has 2 N–H and O–H groups in total. The fourth-order valence-corrected chi connectivity index (χ4v) is 3.74. The van der Waals surface area contributed by atoms with Gasteiger partial charge in [-0.1, -0.05) is 71.4 Å². The van der Waals surface area contributed by atoms with Crippen molar-refractivity contribution in [3.63, 3.8) is 0 Å². The quantitative estimate of drug-likeness (QED) is 0.785. The molecule has 0 aliphatic carbocycles. The topological polar surface area (TPSA) is 49.3 Å². The molecule has 0 bridgehead atoms. The Balaban J connectivity index is 2.20. The lowest BCUT2D eigenvalue weighted by atomic mass is 9.77. The average Bonchev–Trinajstić information content (AvgIpc) is 2.82. The van der Waals surface area contributed by atoms with Crippen molar-refractivity contribution < 1.29 is 9.90 Å². The molecule has 0 radical (unpaired) electrons. The summed E-state index contributed by atoms with van der Waals surface area (Å²) in [7, 11) is 0. The number of hydrogen-bond acceptors (Lipinski definition) is 2. The Morgan fingerprint density at radius 3 is 2.65 bits per heavy atom. The molecule has 0 aromatic heterocycles. The molecule has 118 valence electrons. The zero-order valence-electron chi connectivity index (χ0n) is 12.8. The van der Waals surface area contributed by atoms with Gasteiger partial charge >= 0.3 is 0 Å². The number of halogens is 1. The van der Waals surface area contributed by atoms with Crippen molar-refractivity contribution in [2.45, 2.75) is 24.9 Å². The summed E-state index contributed by atoms with van der Waals surface area (Å²) in [5.74, 6) is -0.849. The molecule has 3 nitrogen and oxygen atoms in total. The maximum absolute atomic E-state index is 12.7. The van der Waals surface area contributed by atoms with Gasteiger partial charge in [-0.25, -0.2) is 0 Å². The molecule has 0 unspecified atom stereocenters. The number of anilines is 1. The number of benzene rings is 2. The molecule has 0 saturated heterocycles. The first-order chi connectivity index (χ1) is 11.1. The fourth-order valence-electron chi connectivity index (χ4n) is 3.07. The Morgan fingerprint density at radius 2 is 1.96 bits per heavy atom. The molecule has 2 aromatic rings. The number of allylic oxidation sites excluding steroid dienone is 1. The first-order valence-electron chi connectivity index (χ1n) is 7.63. The molecule has 1 heterocycles. The predicted molar refractivity (Wildman–Crippen MR) is 95.3 cm³/mol. The molecule has 0 saturated carbocycles. The maximum atomic E-state index is 12.7. The monoisotopic (exact) mass is 371 g/mol. The van der Waals surface area contributed by atoms with Gasteiger partial charge in [-0.3, -0.25) is 4.79 Å². The van der Waals surface area contributed by atoms with E-state index in [1.807, 2.05) is 67.6 Å². The van der Waals surface area contributed by atoms with Crippen LogP contribution < -0.4 is 5.32 Å². The normalized spacial score (nSPS) is 21.3. The number of hydrogen-bond donors (Lipinski definition) is 2. The Bertz CT molecular complexity index is 757.